The van der Waals surface area contributed by atoms with Gasteiger partial charge in [0, 0.05) is 11.8 Å². The van der Waals surface area contributed by atoms with Crippen LogP contribution in [0.15, 0.2) is 47.2 Å². The normalized spacial score (nSPS) is 17.3. The van der Waals surface area contributed by atoms with Crippen molar-refractivity contribution in [1.82, 2.24) is 14.6 Å². The number of carbonyl (C=O) groups is 1. The fourth-order valence-electron chi connectivity index (χ4n) is 2.81. The number of nitrogens with zero attached hydrogens (tertiary/aromatic N) is 4. The van der Waals surface area contributed by atoms with Crippen LogP contribution in [0, 0.1) is 0 Å². The minimum absolute atomic E-state index is 0.243. The average Bonchev–Trinajstić information content (AvgIpc) is 3.17. The third-order valence-electron chi connectivity index (χ3n) is 3.93. The van der Waals surface area contributed by atoms with Crippen LogP contribution in [-0.2, 0) is 4.74 Å². The maximum Gasteiger partial charge on any atom is 0.416 e. The molecule has 1 aliphatic rings. The maximum absolute atomic E-state index is 12.3. The highest BCUT2D eigenvalue weighted by Crippen LogP contribution is 2.36. The SMILES string of the molecule is COc1ccccc1C1COC(=O)N1c1ccn2ncc(Br)c2n1. The summed E-state index contributed by atoms with van der Waals surface area (Å²) < 4.78 is 13.1. The first-order valence-electron chi connectivity index (χ1n) is 7.28. The average molecular weight is 389 g/mol. The molecule has 1 atom stereocenters. The van der Waals surface area contributed by atoms with Gasteiger partial charge in [-0.15, -0.1) is 0 Å². The Morgan fingerprint density at radius 3 is 3.00 bits per heavy atom. The predicted octanol–water partition coefficient (Wildman–Crippen LogP) is 3.20. The molecule has 24 heavy (non-hydrogen) atoms. The zero-order valence-corrected chi connectivity index (χ0v) is 14.3. The number of benzene rings is 1. The van der Waals surface area contributed by atoms with Gasteiger partial charge in [0.05, 0.1) is 17.8 Å². The quantitative estimate of drug-likeness (QED) is 0.688. The lowest BCUT2D eigenvalue weighted by Gasteiger charge is -2.22. The minimum atomic E-state index is -0.432. The van der Waals surface area contributed by atoms with Gasteiger partial charge in [0.15, 0.2) is 5.65 Å². The molecule has 122 valence electrons. The van der Waals surface area contributed by atoms with Gasteiger partial charge < -0.3 is 9.47 Å². The van der Waals surface area contributed by atoms with Gasteiger partial charge in [0.1, 0.15) is 24.2 Å². The van der Waals surface area contributed by atoms with Gasteiger partial charge in [0.2, 0.25) is 0 Å². The summed E-state index contributed by atoms with van der Waals surface area (Å²) >= 11 is 3.41. The summed E-state index contributed by atoms with van der Waals surface area (Å²) in [6.45, 7) is 0.243. The van der Waals surface area contributed by atoms with Crippen LogP contribution in [0.2, 0.25) is 0 Å². The van der Waals surface area contributed by atoms with Crippen LogP contribution in [0.5, 0.6) is 5.75 Å². The van der Waals surface area contributed by atoms with E-state index < -0.39 is 6.09 Å². The number of anilines is 1. The molecular formula is C16H13BrN4O3. The first-order valence-corrected chi connectivity index (χ1v) is 8.07. The second-order valence-electron chi connectivity index (χ2n) is 5.25. The van der Waals surface area contributed by atoms with Crippen LogP contribution < -0.4 is 9.64 Å². The van der Waals surface area contributed by atoms with Gasteiger partial charge in [-0.05, 0) is 28.1 Å². The maximum atomic E-state index is 12.3. The van der Waals surface area contributed by atoms with E-state index in [0.717, 1.165) is 10.0 Å². The molecule has 2 aromatic heterocycles. The molecule has 1 aromatic carbocycles. The van der Waals surface area contributed by atoms with E-state index in [1.165, 1.54) is 4.90 Å². The molecule has 8 heteroatoms. The molecule has 0 spiro atoms. The third kappa shape index (κ3) is 2.30. The van der Waals surface area contributed by atoms with Crippen molar-refractivity contribution in [2.24, 2.45) is 0 Å². The molecule has 1 aliphatic heterocycles. The summed E-state index contributed by atoms with van der Waals surface area (Å²) in [6, 6.07) is 9.01. The van der Waals surface area contributed by atoms with Crippen LogP contribution in [0.3, 0.4) is 0 Å². The molecule has 1 unspecified atom stereocenters. The lowest BCUT2D eigenvalue weighted by Crippen LogP contribution is -2.28. The lowest BCUT2D eigenvalue weighted by atomic mass is 10.1. The Kier molecular flexibility index (Phi) is 3.61. The summed E-state index contributed by atoms with van der Waals surface area (Å²) in [4.78, 5) is 18.4. The van der Waals surface area contributed by atoms with Crippen molar-refractivity contribution in [2.45, 2.75) is 6.04 Å². The van der Waals surface area contributed by atoms with Crippen LogP contribution >= 0.6 is 15.9 Å². The Hall–Kier alpha value is -2.61. The summed E-state index contributed by atoms with van der Waals surface area (Å²) in [5.41, 5.74) is 1.51. The highest BCUT2D eigenvalue weighted by Gasteiger charge is 2.37. The first-order chi connectivity index (χ1) is 11.7. The van der Waals surface area contributed by atoms with E-state index in [4.69, 9.17) is 9.47 Å². The number of methoxy groups -OCH3 is 1. The summed E-state index contributed by atoms with van der Waals surface area (Å²) in [5, 5.41) is 4.16. The molecule has 0 N–H and O–H groups in total. The van der Waals surface area contributed by atoms with E-state index in [1.807, 2.05) is 24.3 Å². The second kappa shape index (κ2) is 5.79. The minimum Gasteiger partial charge on any atom is -0.496 e. The van der Waals surface area contributed by atoms with E-state index in [2.05, 4.69) is 26.0 Å². The number of halogens is 1. The number of fused-ring (bicyclic) bond motifs is 1. The zero-order valence-electron chi connectivity index (χ0n) is 12.7. The number of aromatic nitrogens is 3. The van der Waals surface area contributed by atoms with Crippen molar-refractivity contribution in [3.63, 3.8) is 0 Å². The molecule has 0 radical (unpaired) electrons. The van der Waals surface area contributed by atoms with Gasteiger partial charge in [-0.1, -0.05) is 18.2 Å². The fourth-order valence-corrected chi connectivity index (χ4v) is 3.17. The standard InChI is InChI=1S/C16H13BrN4O3/c1-23-13-5-3-2-4-10(13)12-9-24-16(22)21(12)14-6-7-20-15(19-14)11(17)8-18-20/h2-8,12H,9H2,1H3. The Balaban J connectivity index is 1.81. The number of rotatable bonds is 3. The van der Waals surface area contributed by atoms with Gasteiger partial charge in [-0.25, -0.2) is 14.3 Å². The van der Waals surface area contributed by atoms with Crippen LogP contribution in [0.25, 0.3) is 5.65 Å². The first kappa shape index (κ1) is 14.9. The zero-order chi connectivity index (χ0) is 16.7. The monoisotopic (exact) mass is 388 g/mol. The van der Waals surface area contributed by atoms with E-state index in [9.17, 15) is 4.79 Å². The molecule has 1 saturated heterocycles. The number of amides is 1. The summed E-state index contributed by atoms with van der Waals surface area (Å²) in [5.74, 6) is 1.21. The number of carbonyl (C=O) groups excluding carboxylic acids is 1. The molecule has 3 aromatic rings. The highest BCUT2D eigenvalue weighted by molar-refractivity contribution is 9.10. The smallest absolute Gasteiger partial charge is 0.416 e. The van der Waals surface area contributed by atoms with E-state index in [0.29, 0.717) is 17.2 Å². The fraction of sp³-hybridized carbons (Fsp3) is 0.188. The Morgan fingerprint density at radius 2 is 2.17 bits per heavy atom. The van der Waals surface area contributed by atoms with Crippen molar-refractivity contribution in [3.8, 4) is 5.75 Å². The second-order valence-corrected chi connectivity index (χ2v) is 6.11. The number of ether oxygens (including phenoxy) is 2. The van der Waals surface area contributed by atoms with Crippen molar-refractivity contribution < 1.29 is 14.3 Å². The molecule has 1 amide bonds. The molecule has 0 bridgehead atoms. The van der Waals surface area contributed by atoms with Crippen LogP contribution in [0.4, 0.5) is 10.6 Å². The summed E-state index contributed by atoms with van der Waals surface area (Å²) in [7, 11) is 1.61. The predicted molar refractivity (Wildman–Crippen MR) is 90.2 cm³/mol. The van der Waals surface area contributed by atoms with Gasteiger partial charge in [0.25, 0.3) is 0 Å². The topological polar surface area (TPSA) is 69.0 Å². The van der Waals surface area contributed by atoms with Crippen molar-refractivity contribution in [1.29, 1.82) is 0 Å². The number of hydrogen-bond acceptors (Lipinski definition) is 5. The van der Waals surface area contributed by atoms with Gasteiger partial charge in [-0.2, -0.15) is 5.10 Å². The molecule has 3 heterocycles. The summed E-state index contributed by atoms with van der Waals surface area (Å²) in [6.07, 6.45) is 2.98. The van der Waals surface area contributed by atoms with Gasteiger partial charge in [-0.3, -0.25) is 4.90 Å². The highest BCUT2D eigenvalue weighted by atomic mass is 79.9. The molecular weight excluding hydrogens is 376 g/mol. The Labute approximate surface area is 145 Å². The lowest BCUT2D eigenvalue weighted by molar-refractivity contribution is 0.178. The molecule has 7 nitrogen and oxygen atoms in total. The number of hydrogen-bond donors (Lipinski definition) is 0. The molecule has 0 saturated carbocycles. The molecule has 1 fully saturated rings. The van der Waals surface area contributed by atoms with E-state index in [-0.39, 0.29) is 12.6 Å². The molecule has 4 rings (SSSR count). The third-order valence-corrected chi connectivity index (χ3v) is 4.49. The Morgan fingerprint density at radius 1 is 1.33 bits per heavy atom. The van der Waals surface area contributed by atoms with E-state index >= 15 is 0 Å². The van der Waals surface area contributed by atoms with Gasteiger partial charge >= 0.3 is 6.09 Å². The van der Waals surface area contributed by atoms with Crippen LogP contribution in [0.1, 0.15) is 11.6 Å². The Bertz CT molecular complexity index is 927. The van der Waals surface area contributed by atoms with Crippen molar-refractivity contribution in [3.05, 3.63) is 52.8 Å². The number of para-hydroxylation sites is 1. The van der Waals surface area contributed by atoms with E-state index in [1.54, 1.807) is 30.1 Å². The van der Waals surface area contributed by atoms with Crippen LogP contribution in [-0.4, -0.2) is 34.4 Å². The van der Waals surface area contributed by atoms with Crippen molar-refractivity contribution >= 4 is 33.5 Å². The molecule has 0 aliphatic carbocycles. The largest absolute Gasteiger partial charge is 0.496 e. The number of cyclic esters (lactones) is 1. The van der Waals surface area contributed by atoms with Crippen molar-refractivity contribution in [2.75, 3.05) is 18.6 Å².